The van der Waals surface area contributed by atoms with Gasteiger partial charge in [-0.3, -0.25) is 14.4 Å². The maximum atomic E-state index is 14.2. The number of ether oxygens (including phenoxy) is 1. The summed E-state index contributed by atoms with van der Waals surface area (Å²) in [7, 11) is 4.04. The summed E-state index contributed by atoms with van der Waals surface area (Å²) in [6.07, 6.45) is 8.67. The van der Waals surface area contributed by atoms with Crippen molar-refractivity contribution in [1.82, 2.24) is 19.7 Å². The van der Waals surface area contributed by atoms with Crippen LogP contribution < -0.4 is 10.6 Å². The summed E-state index contributed by atoms with van der Waals surface area (Å²) >= 11 is 0. The molecule has 1 aromatic heterocycles. The second-order valence-corrected chi connectivity index (χ2v) is 14.9. The predicted octanol–water partition coefficient (Wildman–Crippen LogP) is 6.83. The molecular weight excluding hydrogens is 638 g/mol. The second kappa shape index (κ2) is 15.4. The molecule has 3 aromatic carbocycles. The van der Waals surface area contributed by atoms with E-state index >= 15 is 0 Å². The highest BCUT2D eigenvalue weighted by molar-refractivity contribution is 6.06. The zero-order valence-electron chi connectivity index (χ0n) is 30.0. The standard InChI is InChI=1S/C42H51N5O4/c1-45(2)27-34-28-46(24-25-51-34)37(48)29-47-36-26-32(40(49)44-42(22-12-13-23-42)41(50)43-33-18-10-5-11-19-33)20-21-35(36)38(30-14-6-3-7-15-30)39(47)31-16-8-4-9-17-31/h4-5,8-11,16-21,26,30,34H,3,6-7,12-15,22-25,27-29H2,1-2H3,(H,43,50)(H,44,49). The Hall–Kier alpha value is -4.47. The van der Waals surface area contributed by atoms with Crippen molar-refractivity contribution in [3.05, 3.63) is 90.0 Å². The van der Waals surface area contributed by atoms with Gasteiger partial charge in [-0.25, -0.2) is 0 Å². The molecule has 1 aliphatic heterocycles. The van der Waals surface area contributed by atoms with E-state index in [1.807, 2.05) is 67.5 Å². The van der Waals surface area contributed by atoms with Gasteiger partial charge in [-0.05, 0) is 81.1 Å². The molecule has 9 nitrogen and oxygen atoms in total. The number of amides is 3. The van der Waals surface area contributed by atoms with E-state index in [9.17, 15) is 14.4 Å². The summed E-state index contributed by atoms with van der Waals surface area (Å²) in [6.45, 7) is 2.53. The van der Waals surface area contributed by atoms with E-state index in [-0.39, 0.29) is 30.4 Å². The van der Waals surface area contributed by atoms with Crippen LogP contribution in [0.3, 0.4) is 0 Å². The minimum atomic E-state index is -0.984. The van der Waals surface area contributed by atoms with Gasteiger partial charge in [0.1, 0.15) is 12.1 Å². The van der Waals surface area contributed by atoms with Gasteiger partial charge in [0.15, 0.2) is 0 Å². The van der Waals surface area contributed by atoms with Gasteiger partial charge in [-0.1, -0.05) is 86.7 Å². The van der Waals surface area contributed by atoms with E-state index in [0.717, 1.165) is 54.4 Å². The van der Waals surface area contributed by atoms with Crippen molar-refractivity contribution in [2.45, 2.75) is 81.9 Å². The molecule has 0 radical (unpaired) electrons. The fraction of sp³-hybridized carbons (Fsp3) is 0.452. The van der Waals surface area contributed by atoms with Crippen LogP contribution in [0.4, 0.5) is 5.69 Å². The lowest BCUT2D eigenvalue weighted by Crippen LogP contribution is -2.55. The summed E-state index contributed by atoms with van der Waals surface area (Å²) < 4.78 is 8.17. The topological polar surface area (TPSA) is 95.9 Å². The predicted molar refractivity (Wildman–Crippen MR) is 202 cm³/mol. The Bertz CT molecular complexity index is 1840. The number of nitrogens with one attached hydrogen (secondary N) is 2. The van der Waals surface area contributed by atoms with Gasteiger partial charge in [0.25, 0.3) is 5.91 Å². The molecule has 268 valence electrons. The van der Waals surface area contributed by atoms with E-state index in [0.29, 0.717) is 49.7 Å². The number of morpholine rings is 1. The average Bonchev–Trinajstić information content (AvgIpc) is 3.76. The number of nitrogens with zero attached hydrogens (tertiary/aromatic N) is 3. The molecule has 2 saturated carbocycles. The van der Waals surface area contributed by atoms with Crippen LogP contribution in [0.1, 0.15) is 79.6 Å². The summed E-state index contributed by atoms with van der Waals surface area (Å²) in [5.74, 6) is -0.0487. The number of aromatic nitrogens is 1. The molecular formula is C42H51N5O4. The van der Waals surface area contributed by atoms with Gasteiger partial charge >= 0.3 is 0 Å². The summed E-state index contributed by atoms with van der Waals surface area (Å²) in [6, 6.07) is 25.7. The number of hydrogen-bond donors (Lipinski definition) is 2. The van der Waals surface area contributed by atoms with E-state index < -0.39 is 5.54 Å². The molecule has 0 spiro atoms. The lowest BCUT2D eigenvalue weighted by molar-refractivity contribution is -0.139. The third kappa shape index (κ3) is 7.60. The summed E-state index contributed by atoms with van der Waals surface area (Å²) in [5, 5.41) is 7.32. The van der Waals surface area contributed by atoms with Crippen molar-refractivity contribution in [3.8, 4) is 11.3 Å². The lowest BCUT2D eigenvalue weighted by Gasteiger charge is -2.34. The number of benzene rings is 3. The number of fused-ring (bicyclic) bond motifs is 1. The van der Waals surface area contributed by atoms with E-state index in [2.05, 4.69) is 50.4 Å². The molecule has 9 heteroatoms. The number of carbonyl (C=O) groups is 3. The highest BCUT2D eigenvalue weighted by Crippen LogP contribution is 2.44. The van der Waals surface area contributed by atoms with E-state index in [1.54, 1.807) is 0 Å². The maximum Gasteiger partial charge on any atom is 0.252 e. The molecule has 1 saturated heterocycles. The quantitative estimate of drug-likeness (QED) is 0.191. The Morgan fingerprint density at radius 3 is 2.29 bits per heavy atom. The van der Waals surface area contributed by atoms with E-state index in [1.165, 1.54) is 24.8 Å². The Labute approximate surface area is 301 Å². The number of carbonyl (C=O) groups excluding carboxylic acids is 3. The van der Waals surface area contributed by atoms with Crippen LogP contribution in [0.15, 0.2) is 78.9 Å². The monoisotopic (exact) mass is 689 g/mol. The molecule has 2 aliphatic carbocycles. The second-order valence-electron chi connectivity index (χ2n) is 14.9. The maximum absolute atomic E-state index is 14.2. The number of hydrogen-bond acceptors (Lipinski definition) is 5. The van der Waals surface area contributed by atoms with Crippen LogP contribution in [-0.4, -0.2) is 84.1 Å². The number of likely N-dealkylation sites (N-methyl/N-ethyl adjacent to an activating group) is 1. The van der Waals surface area contributed by atoms with Crippen LogP contribution in [0.2, 0.25) is 0 Å². The van der Waals surface area contributed by atoms with Crippen LogP contribution in [0, 0.1) is 0 Å². The fourth-order valence-corrected chi connectivity index (χ4v) is 8.54. The minimum absolute atomic E-state index is 0.0391. The Balaban J connectivity index is 1.27. The van der Waals surface area contributed by atoms with Crippen LogP contribution >= 0.6 is 0 Å². The molecule has 1 atom stereocenters. The van der Waals surface area contributed by atoms with Crippen molar-refractivity contribution in [3.63, 3.8) is 0 Å². The normalized spacial score (nSPS) is 19.4. The Morgan fingerprint density at radius 1 is 0.882 bits per heavy atom. The molecule has 51 heavy (non-hydrogen) atoms. The van der Waals surface area contributed by atoms with Gasteiger partial charge in [0.2, 0.25) is 11.8 Å². The first-order chi connectivity index (χ1) is 24.8. The van der Waals surface area contributed by atoms with Crippen molar-refractivity contribution in [2.24, 2.45) is 0 Å². The van der Waals surface area contributed by atoms with Crippen LogP contribution in [0.5, 0.6) is 0 Å². The molecule has 4 aromatic rings. The minimum Gasteiger partial charge on any atom is -0.373 e. The fourth-order valence-electron chi connectivity index (χ4n) is 8.54. The molecule has 0 bridgehead atoms. The SMILES string of the molecule is CN(C)CC1CN(C(=O)Cn2c(-c3ccccc3)c(C3CCCCC3)c3ccc(C(=O)NC4(C(=O)Nc5ccccc5)CCCC4)cc32)CCO1. The van der Waals surface area contributed by atoms with Crippen LogP contribution in [0.25, 0.3) is 22.2 Å². The highest BCUT2D eigenvalue weighted by Gasteiger charge is 2.43. The first kappa shape index (κ1) is 35.0. The Morgan fingerprint density at radius 2 is 1.59 bits per heavy atom. The smallest absolute Gasteiger partial charge is 0.252 e. The number of para-hydroxylation sites is 1. The van der Waals surface area contributed by atoms with Gasteiger partial charge < -0.3 is 29.7 Å². The van der Waals surface area contributed by atoms with Gasteiger partial charge in [-0.15, -0.1) is 0 Å². The van der Waals surface area contributed by atoms with Crippen molar-refractivity contribution >= 4 is 34.3 Å². The average molecular weight is 690 g/mol. The molecule has 2 heterocycles. The van der Waals surface area contributed by atoms with Gasteiger partial charge in [0.05, 0.1) is 23.9 Å². The van der Waals surface area contributed by atoms with Crippen molar-refractivity contribution in [1.29, 1.82) is 0 Å². The van der Waals surface area contributed by atoms with Crippen molar-refractivity contribution < 1.29 is 19.1 Å². The van der Waals surface area contributed by atoms with Crippen LogP contribution in [-0.2, 0) is 20.9 Å². The highest BCUT2D eigenvalue weighted by atomic mass is 16.5. The molecule has 3 fully saturated rings. The third-order valence-corrected chi connectivity index (χ3v) is 11.1. The third-order valence-electron chi connectivity index (χ3n) is 11.1. The van der Waals surface area contributed by atoms with Crippen molar-refractivity contribution in [2.75, 3.05) is 45.7 Å². The van der Waals surface area contributed by atoms with Gasteiger partial charge in [0, 0.05) is 36.3 Å². The molecule has 2 N–H and O–H groups in total. The summed E-state index contributed by atoms with van der Waals surface area (Å²) in [4.78, 5) is 46.2. The summed E-state index contributed by atoms with van der Waals surface area (Å²) in [5.41, 5.74) is 4.50. The van der Waals surface area contributed by atoms with E-state index in [4.69, 9.17) is 4.74 Å². The van der Waals surface area contributed by atoms with Gasteiger partial charge in [-0.2, -0.15) is 0 Å². The zero-order chi connectivity index (χ0) is 35.4. The first-order valence-corrected chi connectivity index (χ1v) is 18.8. The Kier molecular flexibility index (Phi) is 10.6. The zero-order valence-corrected chi connectivity index (χ0v) is 30.0. The molecule has 1 unspecified atom stereocenters. The first-order valence-electron chi connectivity index (χ1n) is 18.8. The molecule has 7 rings (SSSR count). The number of rotatable bonds is 10. The molecule has 3 amide bonds. The lowest BCUT2D eigenvalue weighted by atomic mass is 9.81. The largest absolute Gasteiger partial charge is 0.373 e. The number of anilines is 1. The molecule has 3 aliphatic rings.